The summed E-state index contributed by atoms with van der Waals surface area (Å²) < 4.78 is 0.879. The summed E-state index contributed by atoms with van der Waals surface area (Å²) in [6.07, 6.45) is 2.44. The average molecular weight is 282 g/mol. The molecule has 1 aromatic rings. The fourth-order valence-corrected chi connectivity index (χ4v) is 2.89. The molecule has 1 aromatic heterocycles. The quantitative estimate of drug-likeness (QED) is 0.659. The lowest BCUT2D eigenvalue weighted by atomic mass is 10.1. The molecule has 0 bridgehead atoms. The van der Waals surface area contributed by atoms with Crippen LogP contribution in [0.15, 0.2) is 12.1 Å². The van der Waals surface area contributed by atoms with Crippen LogP contribution in [0.3, 0.4) is 0 Å². The van der Waals surface area contributed by atoms with E-state index in [-0.39, 0.29) is 0 Å². The van der Waals surface area contributed by atoms with Crippen molar-refractivity contribution in [1.82, 2.24) is 0 Å². The van der Waals surface area contributed by atoms with Crippen LogP contribution in [0.2, 0.25) is 4.34 Å². The Bertz CT molecular complexity index is 257. The van der Waals surface area contributed by atoms with Crippen molar-refractivity contribution in [2.24, 2.45) is 5.92 Å². The maximum Gasteiger partial charge on any atom is 0.0931 e. The average Bonchev–Trinajstić information content (AvgIpc) is 2.47. The van der Waals surface area contributed by atoms with E-state index in [0.29, 0.717) is 4.83 Å². The molecule has 1 atom stereocenters. The first kappa shape index (κ1) is 11.5. The van der Waals surface area contributed by atoms with Gasteiger partial charge in [-0.05, 0) is 30.9 Å². The van der Waals surface area contributed by atoms with Gasteiger partial charge in [-0.2, -0.15) is 0 Å². The number of halogens is 2. The van der Waals surface area contributed by atoms with Gasteiger partial charge in [-0.3, -0.25) is 0 Å². The van der Waals surface area contributed by atoms with E-state index in [0.717, 1.165) is 10.3 Å². The molecule has 3 heteroatoms. The van der Waals surface area contributed by atoms with Crippen LogP contribution >= 0.6 is 38.9 Å². The van der Waals surface area contributed by atoms with E-state index in [4.69, 9.17) is 11.6 Å². The zero-order valence-corrected chi connectivity index (χ0v) is 11.0. The smallest absolute Gasteiger partial charge is 0.0931 e. The Balaban J connectivity index is 2.44. The molecule has 0 aliphatic carbocycles. The van der Waals surface area contributed by atoms with Crippen molar-refractivity contribution in [2.45, 2.75) is 31.5 Å². The molecule has 0 N–H and O–H groups in total. The van der Waals surface area contributed by atoms with Crippen LogP contribution in [0.1, 0.15) is 36.4 Å². The Morgan fingerprint density at radius 2 is 2.08 bits per heavy atom. The van der Waals surface area contributed by atoms with Gasteiger partial charge in [0, 0.05) is 9.70 Å². The van der Waals surface area contributed by atoms with Gasteiger partial charge in [-0.15, -0.1) is 11.3 Å². The van der Waals surface area contributed by atoms with Gasteiger partial charge >= 0.3 is 0 Å². The van der Waals surface area contributed by atoms with E-state index in [1.165, 1.54) is 17.7 Å². The van der Waals surface area contributed by atoms with Gasteiger partial charge in [-0.25, -0.2) is 0 Å². The van der Waals surface area contributed by atoms with E-state index in [1.54, 1.807) is 11.3 Å². The number of hydrogen-bond donors (Lipinski definition) is 0. The van der Waals surface area contributed by atoms with Crippen molar-refractivity contribution in [3.63, 3.8) is 0 Å². The number of rotatable bonds is 4. The van der Waals surface area contributed by atoms with Crippen LogP contribution in [0, 0.1) is 5.92 Å². The minimum absolute atomic E-state index is 0.479. The monoisotopic (exact) mass is 280 g/mol. The standard InChI is InChI=1S/C10H14BrClS/c1-7(2)3-4-8(11)9-5-6-10(12)13-9/h5-8H,3-4H2,1-2H3. The normalized spacial score (nSPS) is 13.6. The third-order valence-electron chi connectivity index (χ3n) is 1.90. The predicted octanol–water partition coefficient (Wildman–Crippen LogP) is 5.27. The summed E-state index contributed by atoms with van der Waals surface area (Å²) >= 11 is 11.2. The van der Waals surface area contributed by atoms with Crippen LogP contribution in [0.25, 0.3) is 0 Å². The van der Waals surface area contributed by atoms with Crippen molar-refractivity contribution in [1.29, 1.82) is 0 Å². The maximum atomic E-state index is 5.86. The number of alkyl halides is 1. The minimum atomic E-state index is 0.479. The molecule has 0 fully saturated rings. The molecule has 0 spiro atoms. The van der Waals surface area contributed by atoms with Crippen molar-refractivity contribution in [2.75, 3.05) is 0 Å². The Labute approximate surface area is 97.4 Å². The van der Waals surface area contributed by atoms with E-state index >= 15 is 0 Å². The lowest BCUT2D eigenvalue weighted by Gasteiger charge is -2.08. The summed E-state index contributed by atoms with van der Waals surface area (Å²) in [6, 6.07) is 4.07. The molecule has 0 nitrogen and oxygen atoms in total. The van der Waals surface area contributed by atoms with E-state index in [1.807, 2.05) is 6.07 Å². The summed E-state index contributed by atoms with van der Waals surface area (Å²) in [7, 11) is 0. The highest BCUT2D eigenvalue weighted by atomic mass is 79.9. The zero-order chi connectivity index (χ0) is 9.84. The summed E-state index contributed by atoms with van der Waals surface area (Å²) in [5, 5.41) is 0. The molecule has 74 valence electrons. The van der Waals surface area contributed by atoms with E-state index in [2.05, 4.69) is 35.8 Å². The summed E-state index contributed by atoms with van der Waals surface area (Å²) in [6.45, 7) is 4.50. The topological polar surface area (TPSA) is 0 Å². The second-order valence-electron chi connectivity index (χ2n) is 3.58. The highest BCUT2D eigenvalue weighted by molar-refractivity contribution is 9.09. The highest BCUT2D eigenvalue weighted by Gasteiger charge is 2.10. The SMILES string of the molecule is CC(C)CCC(Br)c1ccc(Cl)s1. The minimum Gasteiger partial charge on any atom is -0.127 e. The van der Waals surface area contributed by atoms with Crippen molar-refractivity contribution >= 4 is 38.9 Å². The van der Waals surface area contributed by atoms with Crippen LogP contribution in [-0.2, 0) is 0 Å². The Morgan fingerprint density at radius 1 is 1.38 bits per heavy atom. The first-order valence-corrected chi connectivity index (χ1v) is 6.60. The van der Waals surface area contributed by atoms with Crippen LogP contribution in [-0.4, -0.2) is 0 Å². The Hall–Kier alpha value is 0.470. The lowest BCUT2D eigenvalue weighted by Crippen LogP contribution is -1.91. The van der Waals surface area contributed by atoms with Gasteiger partial charge in [0.1, 0.15) is 0 Å². The fourth-order valence-electron chi connectivity index (χ4n) is 1.12. The molecule has 1 rings (SSSR count). The van der Waals surface area contributed by atoms with E-state index < -0.39 is 0 Å². The summed E-state index contributed by atoms with van der Waals surface area (Å²) in [4.78, 5) is 1.82. The number of hydrogen-bond acceptors (Lipinski definition) is 1. The Kier molecular flexibility index (Phi) is 4.77. The van der Waals surface area contributed by atoms with Gasteiger partial charge in [0.2, 0.25) is 0 Å². The molecular formula is C10H14BrClS. The molecule has 0 amide bonds. The number of thiophene rings is 1. The van der Waals surface area contributed by atoms with Crippen molar-refractivity contribution < 1.29 is 0 Å². The highest BCUT2D eigenvalue weighted by Crippen LogP contribution is 2.35. The first-order valence-electron chi connectivity index (χ1n) is 4.49. The zero-order valence-electron chi connectivity index (χ0n) is 7.89. The molecule has 0 radical (unpaired) electrons. The van der Waals surface area contributed by atoms with E-state index in [9.17, 15) is 0 Å². The summed E-state index contributed by atoms with van der Waals surface area (Å²) in [5.74, 6) is 0.774. The van der Waals surface area contributed by atoms with Crippen molar-refractivity contribution in [3.05, 3.63) is 21.3 Å². The molecule has 1 heterocycles. The largest absolute Gasteiger partial charge is 0.127 e. The predicted molar refractivity (Wildman–Crippen MR) is 65.1 cm³/mol. The molecule has 0 aliphatic rings. The van der Waals surface area contributed by atoms with Crippen LogP contribution < -0.4 is 0 Å². The molecule has 0 aliphatic heterocycles. The van der Waals surface area contributed by atoms with Gasteiger partial charge in [0.25, 0.3) is 0 Å². The van der Waals surface area contributed by atoms with Gasteiger partial charge in [0.15, 0.2) is 0 Å². The van der Waals surface area contributed by atoms with Crippen LogP contribution in [0.5, 0.6) is 0 Å². The third-order valence-corrected chi connectivity index (χ3v) is 4.50. The molecule has 13 heavy (non-hydrogen) atoms. The van der Waals surface area contributed by atoms with Gasteiger partial charge in [-0.1, -0.05) is 41.4 Å². The Morgan fingerprint density at radius 3 is 2.54 bits per heavy atom. The van der Waals surface area contributed by atoms with Crippen molar-refractivity contribution in [3.8, 4) is 0 Å². The first-order chi connectivity index (χ1) is 6.09. The molecule has 0 aromatic carbocycles. The molecule has 0 saturated heterocycles. The maximum absolute atomic E-state index is 5.86. The second-order valence-corrected chi connectivity index (χ2v) is 6.43. The molecular weight excluding hydrogens is 268 g/mol. The third kappa shape index (κ3) is 4.01. The van der Waals surface area contributed by atoms with Gasteiger partial charge in [0.05, 0.1) is 4.34 Å². The van der Waals surface area contributed by atoms with Crippen LogP contribution in [0.4, 0.5) is 0 Å². The molecule has 1 unspecified atom stereocenters. The lowest BCUT2D eigenvalue weighted by molar-refractivity contribution is 0.556. The second kappa shape index (κ2) is 5.38. The molecule has 0 saturated carbocycles. The summed E-state index contributed by atoms with van der Waals surface area (Å²) in [5.41, 5.74) is 0. The van der Waals surface area contributed by atoms with Gasteiger partial charge < -0.3 is 0 Å². The fraction of sp³-hybridized carbons (Fsp3) is 0.600.